The van der Waals surface area contributed by atoms with Crippen LogP contribution in [0.3, 0.4) is 0 Å². The van der Waals surface area contributed by atoms with Crippen LogP contribution in [0, 0.1) is 13.8 Å². The van der Waals surface area contributed by atoms with Crippen molar-refractivity contribution in [3.05, 3.63) is 95.1 Å². The molecule has 0 aliphatic rings. The predicted octanol–water partition coefficient (Wildman–Crippen LogP) is 3.97. The van der Waals surface area contributed by atoms with Crippen molar-refractivity contribution >= 4 is 23.7 Å². The van der Waals surface area contributed by atoms with Gasteiger partial charge in [-0.05, 0) is 60.4 Å². The molecule has 0 unspecified atom stereocenters. The number of aryl methyl sites for hydroxylation is 2. The lowest BCUT2D eigenvalue weighted by molar-refractivity contribution is -0.136. The smallest absolute Gasteiger partial charge is 0.329 e. The van der Waals surface area contributed by atoms with Crippen LogP contribution in [0.15, 0.2) is 77.9 Å². The molecule has 0 atom stereocenters. The van der Waals surface area contributed by atoms with Gasteiger partial charge in [0.25, 0.3) is 0 Å². The van der Waals surface area contributed by atoms with Gasteiger partial charge in [0.2, 0.25) is 0 Å². The van der Waals surface area contributed by atoms with E-state index in [-0.39, 0.29) is 0 Å². The van der Waals surface area contributed by atoms with Gasteiger partial charge in [-0.15, -0.1) is 0 Å². The van der Waals surface area contributed by atoms with E-state index in [1.807, 2.05) is 86.6 Å². The molecule has 3 aromatic carbocycles. The van der Waals surface area contributed by atoms with Gasteiger partial charge in [-0.3, -0.25) is 9.59 Å². The first-order valence-electron chi connectivity index (χ1n) is 9.50. The van der Waals surface area contributed by atoms with Crippen molar-refractivity contribution in [1.82, 2.24) is 5.43 Å². The number of benzene rings is 3. The first-order chi connectivity index (χ1) is 14.5. The number of ether oxygens (including phenoxy) is 1. The highest BCUT2D eigenvalue weighted by atomic mass is 16.5. The number of para-hydroxylation sites is 1. The van der Waals surface area contributed by atoms with E-state index in [1.165, 1.54) is 6.21 Å². The van der Waals surface area contributed by atoms with Crippen molar-refractivity contribution in [2.45, 2.75) is 20.5 Å². The Kier molecular flexibility index (Phi) is 6.95. The normalized spacial score (nSPS) is 10.6. The number of carbonyl (C=O) groups is 2. The number of hydrogen-bond donors (Lipinski definition) is 2. The van der Waals surface area contributed by atoms with Gasteiger partial charge in [-0.25, -0.2) is 5.43 Å². The summed E-state index contributed by atoms with van der Waals surface area (Å²) in [7, 11) is 0. The molecule has 6 heteroatoms. The number of rotatable bonds is 6. The number of amides is 2. The van der Waals surface area contributed by atoms with E-state index < -0.39 is 11.8 Å². The minimum absolute atomic E-state index is 0.486. The summed E-state index contributed by atoms with van der Waals surface area (Å²) in [5.74, 6) is -0.876. The molecule has 152 valence electrons. The molecule has 3 rings (SSSR count). The fraction of sp³-hybridized carbons (Fsp3) is 0.125. The Morgan fingerprint density at radius 1 is 0.867 bits per heavy atom. The second-order valence-electron chi connectivity index (χ2n) is 6.76. The quantitative estimate of drug-likeness (QED) is 0.373. The topological polar surface area (TPSA) is 79.8 Å². The molecule has 0 fully saturated rings. The highest BCUT2D eigenvalue weighted by molar-refractivity contribution is 6.39. The second-order valence-corrected chi connectivity index (χ2v) is 6.76. The fourth-order valence-corrected chi connectivity index (χ4v) is 2.79. The zero-order valence-corrected chi connectivity index (χ0v) is 16.9. The van der Waals surface area contributed by atoms with E-state index in [1.54, 1.807) is 0 Å². The number of hydrogen-bond acceptors (Lipinski definition) is 4. The maximum absolute atomic E-state index is 12.1. The van der Waals surface area contributed by atoms with Gasteiger partial charge in [0, 0.05) is 5.69 Å². The lowest BCUT2D eigenvalue weighted by Crippen LogP contribution is -2.32. The number of carbonyl (C=O) groups excluding carboxylic acids is 2. The Balaban J connectivity index is 1.49. The summed E-state index contributed by atoms with van der Waals surface area (Å²) in [5.41, 5.74) is 6.49. The van der Waals surface area contributed by atoms with Crippen LogP contribution in [-0.2, 0) is 16.2 Å². The molecule has 2 amide bonds. The molecule has 0 aliphatic heterocycles. The third-order valence-electron chi connectivity index (χ3n) is 4.43. The van der Waals surface area contributed by atoms with E-state index in [9.17, 15) is 9.59 Å². The highest BCUT2D eigenvalue weighted by Gasteiger charge is 2.15. The van der Waals surface area contributed by atoms with Crippen LogP contribution < -0.4 is 15.5 Å². The molecular formula is C24H23N3O3. The zero-order chi connectivity index (χ0) is 21.3. The van der Waals surface area contributed by atoms with Crippen LogP contribution in [0.25, 0.3) is 0 Å². The lowest BCUT2D eigenvalue weighted by atomic mass is 10.1. The van der Waals surface area contributed by atoms with E-state index in [0.29, 0.717) is 12.3 Å². The van der Waals surface area contributed by atoms with E-state index in [0.717, 1.165) is 28.0 Å². The molecule has 0 spiro atoms. The largest absolute Gasteiger partial charge is 0.489 e. The maximum atomic E-state index is 12.1. The fourth-order valence-electron chi connectivity index (χ4n) is 2.79. The molecule has 0 saturated heterocycles. The third kappa shape index (κ3) is 5.78. The SMILES string of the molecule is Cc1cccc(C)c1NC(=O)C(=O)N/N=C/c1ccc(OCc2ccccc2)cc1. The molecular weight excluding hydrogens is 378 g/mol. The average Bonchev–Trinajstić information content (AvgIpc) is 2.76. The van der Waals surface area contributed by atoms with Crippen LogP contribution in [-0.4, -0.2) is 18.0 Å². The number of anilines is 1. The summed E-state index contributed by atoms with van der Waals surface area (Å²) in [6.07, 6.45) is 1.46. The van der Waals surface area contributed by atoms with Crippen molar-refractivity contribution in [2.24, 2.45) is 5.10 Å². The lowest BCUT2D eigenvalue weighted by Gasteiger charge is -2.10. The standard InChI is InChI=1S/C24H23N3O3/c1-17-7-6-8-18(2)22(17)26-23(28)24(29)27-25-15-19-11-13-21(14-12-19)30-16-20-9-4-3-5-10-20/h3-15H,16H2,1-2H3,(H,26,28)(H,27,29)/b25-15+. The molecule has 0 aromatic heterocycles. The van der Waals surface area contributed by atoms with Crippen LogP contribution in [0.5, 0.6) is 5.75 Å². The minimum Gasteiger partial charge on any atom is -0.489 e. The summed E-state index contributed by atoms with van der Waals surface area (Å²) >= 11 is 0. The Labute approximate surface area is 175 Å². The maximum Gasteiger partial charge on any atom is 0.329 e. The Morgan fingerprint density at radius 3 is 2.20 bits per heavy atom. The van der Waals surface area contributed by atoms with Gasteiger partial charge in [0.05, 0.1) is 6.21 Å². The molecule has 0 aliphatic carbocycles. The zero-order valence-electron chi connectivity index (χ0n) is 16.9. The first-order valence-corrected chi connectivity index (χ1v) is 9.50. The Bertz CT molecular complexity index is 1020. The average molecular weight is 401 g/mol. The summed E-state index contributed by atoms with van der Waals surface area (Å²) < 4.78 is 5.73. The minimum atomic E-state index is -0.836. The van der Waals surface area contributed by atoms with Crippen LogP contribution >= 0.6 is 0 Å². The van der Waals surface area contributed by atoms with Crippen molar-refractivity contribution < 1.29 is 14.3 Å². The van der Waals surface area contributed by atoms with Gasteiger partial charge in [0.1, 0.15) is 12.4 Å². The molecule has 6 nitrogen and oxygen atoms in total. The first kappa shape index (κ1) is 20.8. The monoisotopic (exact) mass is 401 g/mol. The Hall–Kier alpha value is -3.93. The van der Waals surface area contributed by atoms with Crippen LogP contribution in [0.4, 0.5) is 5.69 Å². The summed E-state index contributed by atoms with van der Waals surface area (Å²) in [6, 6.07) is 22.8. The van der Waals surface area contributed by atoms with Gasteiger partial charge in [-0.2, -0.15) is 5.10 Å². The molecule has 0 radical (unpaired) electrons. The Morgan fingerprint density at radius 2 is 1.53 bits per heavy atom. The van der Waals surface area contributed by atoms with Gasteiger partial charge in [0.15, 0.2) is 0 Å². The molecule has 2 N–H and O–H groups in total. The van der Waals surface area contributed by atoms with Gasteiger partial charge >= 0.3 is 11.8 Å². The molecule has 0 heterocycles. The van der Waals surface area contributed by atoms with E-state index >= 15 is 0 Å². The summed E-state index contributed by atoms with van der Waals surface area (Å²) in [6.45, 7) is 4.22. The molecule has 0 bridgehead atoms. The molecule has 3 aromatic rings. The number of hydrazone groups is 1. The van der Waals surface area contributed by atoms with E-state index in [2.05, 4.69) is 15.8 Å². The van der Waals surface area contributed by atoms with Crippen molar-refractivity contribution in [1.29, 1.82) is 0 Å². The van der Waals surface area contributed by atoms with Crippen LogP contribution in [0.1, 0.15) is 22.3 Å². The molecule has 0 saturated carbocycles. The van der Waals surface area contributed by atoms with Crippen molar-refractivity contribution in [2.75, 3.05) is 5.32 Å². The van der Waals surface area contributed by atoms with Crippen LogP contribution in [0.2, 0.25) is 0 Å². The van der Waals surface area contributed by atoms with Gasteiger partial charge < -0.3 is 10.1 Å². The van der Waals surface area contributed by atoms with E-state index in [4.69, 9.17) is 4.74 Å². The van der Waals surface area contributed by atoms with Crippen molar-refractivity contribution in [3.63, 3.8) is 0 Å². The third-order valence-corrected chi connectivity index (χ3v) is 4.43. The molecule has 30 heavy (non-hydrogen) atoms. The summed E-state index contributed by atoms with van der Waals surface area (Å²) in [4.78, 5) is 24.1. The highest BCUT2D eigenvalue weighted by Crippen LogP contribution is 2.19. The predicted molar refractivity (Wildman–Crippen MR) is 117 cm³/mol. The van der Waals surface area contributed by atoms with Crippen molar-refractivity contribution in [3.8, 4) is 5.75 Å². The number of nitrogens with one attached hydrogen (secondary N) is 2. The number of nitrogens with zero attached hydrogens (tertiary/aromatic N) is 1. The van der Waals surface area contributed by atoms with Gasteiger partial charge in [-0.1, -0.05) is 48.5 Å². The summed E-state index contributed by atoms with van der Waals surface area (Å²) in [5, 5.41) is 6.47. The second kappa shape index (κ2) is 10.0.